The molecule has 4 nitrogen and oxygen atoms in total. The molecule has 4 rings (SSSR count). The van der Waals surface area contributed by atoms with E-state index in [0.717, 1.165) is 5.56 Å². The number of alkyl halides is 6. The van der Waals surface area contributed by atoms with Gasteiger partial charge in [-0.15, -0.1) is 11.3 Å². The molecule has 2 amide bonds. The number of benzene rings is 2. The van der Waals surface area contributed by atoms with Crippen LogP contribution >= 0.6 is 11.3 Å². The quantitative estimate of drug-likeness (QED) is 0.448. The number of rotatable bonds is 3. The second-order valence-corrected chi connectivity index (χ2v) is 8.22. The summed E-state index contributed by atoms with van der Waals surface area (Å²) >= 11 is 1.27. The summed E-state index contributed by atoms with van der Waals surface area (Å²) in [6.45, 7) is 0.409. The smallest absolute Gasteiger partial charge is 0.322 e. The van der Waals surface area contributed by atoms with Gasteiger partial charge in [-0.25, -0.2) is 0 Å². The summed E-state index contributed by atoms with van der Waals surface area (Å²) in [5.74, 6) is -1.37. The van der Waals surface area contributed by atoms with Gasteiger partial charge in [-0.05, 0) is 53.8 Å². The maximum Gasteiger partial charge on any atom is 0.416 e. The van der Waals surface area contributed by atoms with E-state index in [4.69, 9.17) is 0 Å². The van der Waals surface area contributed by atoms with Gasteiger partial charge in [-0.2, -0.15) is 26.3 Å². The molecule has 2 heterocycles. The first-order chi connectivity index (χ1) is 15.4. The van der Waals surface area contributed by atoms with Crippen LogP contribution in [-0.4, -0.2) is 18.4 Å². The molecular formula is C22H14F6N2O2S. The zero-order chi connectivity index (χ0) is 24.0. The number of amides is 2. The van der Waals surface area contributed by atoms with Crippen molar-refractivity contribution in [3.8, 4) is 0 Å². The van der Waals surface area contributed by atoms with Gasteiger partial charge in [-0.1, -0.05) is 12.1 Å². The van der Waals surface area contributed by atoms with Crippen LogP contribution in [-0.2, 0) is 18.8 Å². The number of fused-ring (bicyclic) bond motifs is 1. The molecule has 0 unspecified atom stereocenters. The van der Waals surface area contributed by atoms with Crippen LogP contribution in [0.3, 0.4) is 0 Å². The van der Waals surface area contributed by atoms with Crippen LogP contribution in [0.1, 0.15) is 36.7 Å². The van der Waals surface area contributed by atoms with Gasteiger partial charge in [0.05, 0.1) is 16.0 Å². The predicted octanol–water partition coefficient (Wildman–Crippen LogP) is 6.24. The Hall–Kier alpha value is -3.34. The molecule has 1 aromatic heterocycles. The topological polar surface area (TPSA) is 49.4 Å². The number of thiophene rings is 1. The van der Waals surface area contributed by atoms with Crippen molar-refractivity contribution in [3.05, 3.63) is 81.0 Å². The highest BCUT2D eigenvalue weighted by Crippen LogP contribution is 2.37. The Morgan fingerprint density at radius 3 is 2.15 bits per heavy atom. The fourth-order valence-electron chi connectivity index (χ4n) is 3.49. The van der Waals surface area contributed by atoms with E-state index in [0.29, 0.717) is 35.7 Å². The van der Waals surface area contributed by atoms with Gasteiger partial charge in [0.2, 0.25) is 0 Å². The molecule has 0 radical (unpaired) electrons. The Bertz CT molecular complexity index is 1190. The number of halogens is 6. The van der Waals surface area contributed by atoms with Gasteiger partial charge in [0, 0.05) is 23.5 Å². The number of carbonyl (C=O) groups is 2. The molecule has 172 valence electrons. The van der Waals surface area contributed by atoms with E-state index in [2.05, 4.69) is 5.32 Å². The molecule has 0 saturated heterocycles. The van der Waals surface area contributed by atoms with Crippen LogP contribution in [0.15, 0.2) is 53.9 Å². The number of nitrogens with zero attached hydrogens (tertiary/aromatic N) is 1. The minimum atomic E-state index is -5.06. The van der Waals surface area contributed by atoms with Crippen molar-refractivity contribution < 1.29 is 35.9 Å². The molecule has 3 aromatic rings. The maximum absolute atomic E-state index is 13.1. The van der Waals surface area contributed by atoms with E-state index in [9.17, 15) is 35.9 Å². The third kappa shape index (κ3) is 4.72. The Morgan fingerprint density at radius 2 is 1.58 bits per heavy atom. The molecule has 0 spiro atoms. The number of hydrogen-bond acceptors (Lipinski definition) is 3. The van der Waals surface area contributed by atoms with Gasteiger partial charge in [0.1, 0.15) is 0 Å². The summed E-state index contributed by atoms with van der Waals surface area (Å²) in [4.78, 5) is 27.3. The minimum absolute atomic E-state index is 0.0414. The lowest BCUT2D eigenvalue weighted by Gasteiger charge is -2.18. The van der Waals surface area contributed by atoms with Gasteiger partial charge in [-0.3, -0.25) is 9.59 Å². The third-order valence-electron chi connectivity index (χ3n) is 5.07. The lowest BCUT2D eigenvalue weighted by molar-refractivity contribution is -0.143. The van der Waals surface area contributed by atoms with Crippen molar-refractivity contribution in [2.24, 2.45) is 0 Å². The summed E-state index contributed by atoms with van der Waals surface area (Å²) in [6, 6.07) is 8.70. The molecule has 1 aliphatic heterocycles. The lowest BCUT2D eigenvalue weighted by Crippen LogP contribution is -2.28. The monoisotopic (exact) mass is 484 g/mol. The summed E-state index contributed by atoms with van der Waals surface area (Å²) < 4.78 is 78.5. The molecule has 33 heavy (non-hydrogen) atoms. The minimum Gasteiger partial charge on any atom is -0.322 e. The SMILES string of the molecule is O=C(Nc1ccc2c(c1)N(C(=O)c1cccs1)CC2)c1cc(C(F)(F)F)cc(C(F)(F)F)c1. The molecule has 0 bridgehead atoms. The Balaban J connectivity index is 1.62. The highest BCUT2D eigenvalue weighted by molar-refractivity contribution is 7.12. The average molecular weight is 484 g/mol. The summed E-state index contributed by atoms with van der Waals surface area (Å²) in [5, 5.41) is 4.09. The number of hydrogen-bond donors (Lipinski definition) is 1. The molecule has 11 heteroatoms. The summed E-state index contributed by atoms with van der Waals surface area (Å²) in [6.07, 6.45) is -9.55. The first-order valence-electron chi connectivity index (χ1n) is 9.52. The largest absolute Gasteiger partial charge is 0.416 e. The van der Waals surface area contributed by atoms with E-state index < -0.39 is 35.0 Å². The van der Waals surface area contributed by atoms with Crippen molar-refractivity contribution in [1.29, 1.82) is 0 Å². The van der Waals surface area contributed by atoms with Crippen LogP contribution < -0.4 is 10.2 Å². The Labute approximate surface area is 187 Å². The standard InChI is InChI=1S/C22H14F6N2O2S/c23-21(24,25)14-8-13(9-15(10-14)22(26,27)28)19(31)29-16-4-3-12-5-6-30(17(12)11-16)20(32)18-2-1-7-33-18/h1-4,7-11H,5-6H2,(H,29,31). The highest BCUT2D eigenvalue weighted by atomic mass is 32.1. The molecule has 1 aliphatic rings. The molecule has 0 aliphatic carbocycles. The van der Waals surface area contributed by atoms with Crippen LogP contribution in [0.25, 0.3) is 0 Å². The van der Waals surface area contributed by atoms with Crippen molar-refractivity contribution in [1.82, 2.24) is 0 Å². The maximum atomic E-state index is 13.1. The number of anilines is 2. The molecule has 1 N–H and O–H groups in total. The van der Waals surface area contributed by atoms with Crippen molar-refractivity contribution >= 4 is 34.5 Å². The van der Waals surface area contributed by atoms with Crippen molar-refractivity contribution in [3.63, 3.8) is 0 Å². The van der Waals surface area contributed by atoms with Crippen LogP contribution in [0.4, 0.5) is 37.7 Å². The number of carbonyl (C=O) groups excluding carboxylic acids is 2. The van der Waals surface area contributed by atoms with Crippen LogP contribution in [0, 0.1) is 0 Å². The zero-order valence-electron chi connectivity index (χ0n) is 16.6. The van der Waals surface area contributed by atoms with E-state index in [1.54, 1.807) is 23.6 Å². The first-order valence-corrected chi connectivity index (χ1v) is 10.4. The predicted molar refractivity (Wildman–Crippen MR) is 111 cm³/mol. The van der Waals surface area contributed by atoms with E-state index in [1.165, 1.54) is 28.4 Å². The summed E-state index contributed by atoms with van der Waals surface area (Å²) in [5.41, 5.74) is -2.46. The van der Waals surface area contributed by atoms with Crippen LogP contribution in [0.2, 0.25) is 0 Å². The van der Waals surface area contributed by atoms with Gasteiger partial charge < -0.3 is 10.2 Å². The summed E-state index contributed by atoms with van der Waals surface area (Å²) in [7, 11) is 0. The highest BCUT2D eigenvalue weighted by Gasteiger charge is 2.37. The molecular weight excluding hydrogens is 470 g/mol. The van der Waals surface area contributed by atoms with E-state index >= 15 is 0 Å². The molecule has 0 fully saturated rings. The average Bonchev–Trinajstić information content (AvgIpc) is 3.41. The second kappa shape index (κ2) is 8.22. The lowest BCUT2D eigenvalue weighted by atomic mass is 10.0. The molecule has 0 atom stereocenters. The fraction of sp³-hybridized carbons (Fsp3) is 0.182. The van der Waals surface area contributed by atoms with E-state index in [-0.39, 0.29) is 17.7 Å². The van der Waals surface area contributed by atoms with E-state index in [1.807, 2.05) is 0 Å². The third-order valence-corrected chi connectivity index (χ3v) is 5.92. The van der Waals surface area contributed by atoms with Crippen LogP contribution in [0.5, 0.6) is 0 Å². The van der Waals surface area contributed by atoms with Crippen molar-refractivity contribution in [2.75, 3.05) is 16.8 Å². The number of nitrogens with one attached hydrogen (secondary N) is 1. The fourth-order valence-corrected chi connectivity index (χ4v) is 4.16. The molecule has 2 aromatic carbocycles. The molecule has 0 saturated carbocycles. The van der Waals surface area contributed by atoms with Crippen molar-refractivity contribution in [2.45, 2.75) is 18.8 Å². The normalized spacial score (nSPS) is 13.7. The van der Waals surface area contributed by atoms with Gasteiger partial charge in [0.15, 0.2) is 0 Å². The second-order valence-electron chi connectivity index (χ2n) is 7.28. The Kier molecular flexibility index (Phi) is 5.69. The zero-order valence-corrected chi connectivity index (χ0v) is 17.4. The van der Waals surface area contributed by atoms with Gasteiger partial charge in [0.25, 0.3) is 11.8 Å². The van der Waals surface area contributed by atoms with Gasteiger partial charge >= 0.3 is 12.4 Å². The Morgan fingerprint density at radius 1 is 0.909 bits per heavy atom. The first kappa shape index (κ1) is 22.8.